The Morgan fingerprint density at radius 2 is 2.00 bits per heavy atom. The Morgan fingerprint density at radius 3 is 2.71 bits per heavy atom. The summed E-state index contributed by atoms with van der Waals surface area (Å²) in [7, 11) is 0. The molecule has 0 unspecified atom stereocenters. The second-order valence-electron chi connectivity index (χ2n) is 8.47. The van der Waals surface area contributed by atoms with Crippen LogP contribution >= 0.6 is 11.5 Å². The molecule has 0 atom stereocenters. The largest absolute Gasteiger partial charge is 0.467 e. The fourth-order valence-corrected chi connectivity index (χ4v) is 4.52. The molecule has 2 aromatic heterocycles. The number of aryl methyl sites for hydroxylation is 1. The first-order chi connectivity index (χ1) is 15.1. The van der Waals surface area contributed by atoms with Gasteiger partial charge in [0.25, 0.3) is 0 Å². The molecule has 1 amide bonds. The third kappa shape index (κ3) is 5.94. The van der Waals surface area contributed by atoms with Gasteiger partial charge in [-0.2, -0.15) is 4.37 Å². The normalized spacial score (nSPS) is 14.7. The van der Waals surface area contributed by atoms with Gasteiger partial charge in [-0.3, -0.25) is 4.79 Å². The average Bonchev–Trinajstić information content (AvgIpc) is 3.45. The predicted octanol–water partition coefficient (Wildman–Crippen LogP) is 4.69. The second-order valence-corrected chi connectivity index (χ2v) is 9.20. The number of hydrogen-bond donors (Lipinski definition) is 0. The van der Waals surface area contributed by atoms with Crippen molar-refractivity contribution < 1.29 is 9.21 Å². The first-order valence-electron chi connectivity index (χ1n) is 11.0. The van der Waals surface area contributed by atoms with E-state index >= 15 is 0 Å². The van der Waals surface area contributed by atoms with Gasteiger partial charge in [-0.1, -0.05) is 36.8 Å². The second kappa shape index (κ2) is 10.1. The molecule has 1 fully saturated rings. The van der Waals surface area contributed by atoms with Crippen LogP contribution < -0.4 is 4.90 Å². The van der Waals surface area contributed by atoms with Crippen molar-refractivity contribution in [1.29, 1.82) is 0 Å². The van der Waals surface area contributed by atoms with Gasteiger partial charge < -0.3 is 14.2 Å². The van der Waals surface area contributed by atoms with Gasteiger partial charge in [0.15, 0.2) is 0 Å². The SMILES string of the molecule is Cc1ccc(Cc2nsc(N(CCC(=O)N3CCC(C)CC3)Cc3ccco3)n2)cc1. The highest BCUT2D eigenvalue weighted by molar-refractivity contribution is 7.09. The Hall–Kier alpha value is -2.67. The molecule has 6 nitrogen and oxygen atoms in total. The first-order valence-corrected chi connectivity index (χ1v) is 11.8. The fraction of sp³-hybridized carbons (Fsp3) is 0.458. The Bertz CT molecular complexity index is 960. The molecule has 0 aliphatic carbocycles. The van der Waals surface area contributed by atoms with E-state index in [4.69, 9.17) is 9.40 Å². The maximum atomic E-state index is 12.8. The predicted molar refractivity (Wildman–Crippen MR) is 123 cm³/mol. The van der Waals surface area contributed by atoms with Gasteiger partial charge >= 0.3 is 0 Å². The molecule has 0 saturated carbocycles. The van der Waals surface area contributed by atoms with E-state index in [2.05, 4.69) is 47.4 Å². The van der Waals surface area contributed by atoms with Crippen LogP contribution in [-0.2, 0) is 17.8 Å². The summed E-state index contributed by atoms with van der Waals surface area (Å²) in [6.07, 6.45) is 5.05. The van der Waals surface area contributed by atoms with Gasteiger partial charge in [-0.15, -0.1) is 0 Å². The zero-order chi connectivity index (χ0) is 21.6. The minimum Gasteiger partial charge on any atom is -0.467 e. The van der Waals surface area contributed by atoms with E-state index in [1.165, 1.54) is 22.7 Å². The van der Waals surface area contributed by atoms with Crippen molar-refractivity contribution in [3.63, 3.8) is 0 Å². The number of nitrogens with zero attached hydrogens (tertiary/aromatic N) is 4. The van der Waals surface area contributed by atoms with E-state index in [-0.39, 0.29) is 5.91 Å². The van der Waals surface area contributed by atoms with Crippen molar-refractivity contribution in [3.05, 3.63) is 65.4 Å². The van der Waals surface area contributed by atoms with Gasteiger partial charge in [0.05, 0.1) is 12.8 Å². The van der Waals surface area contributed by atoms with Crippen molar-refractivity contribution in [1.82, 2.24) is 14.3 Å². The quantitative estimate of drug-likeness (QED) is 0.511. The van der Waals surface area contributed by atoms with E-state index in [0.717, 1.165) is 42.6 Å². The number of furan rings is 1. The molecule has 1 aromatic carbocycles. The minimum atomic E-state index is 0.223. The number of hydrogen-bond acceptors (Lipinski definition) is 6. The molecular formula is C24H30N4O2S. The molecule has 0 spiro atoms. The molecule has 3 aromatic rings. The van der Waals surface area contributed by atoms with Crippen LogP contribution in [0.1, 0.15) is 48.9 Å². The van der Waals surface area contributed by atoms with Crippen molar-refractivity contribution in [2.75, 3.05) is 24.5 Å². The van der Waals surface area contributed by atoms with E-state index in [1.807, 2.05) is 17.0 Å². The number of carbonyl (C=O) groups is 1. The van der Waals surface area contributed by atoms with Gasteiger partial charge in [-0.25, -0.2) is 4.98 Å². The summed E-state index contributed by atoms with van der Waals surface area (Å²) < 4.78 is 10.1. The summed E-state index contributed by atoms with van der Waals surface area (Å²) in [5.74, 6) is 2.60. The lowest BCUT2D eigenvalue weighted by Crippen LogP contribution is -2.39. The summed E-state index contributed by atoms with van der Waals surface area (Å²) in [6.45, 7) is 7.27. The molecule has 7 heteroatoms. The lowest BCUT2D eigenvalue weighted by Gasteiger charge is -2.31. The minimum absolute atomic E-state index is 0.223. The number of aromatic nitrogens is 2. The molecule has 1 aliphatic rings. The number of benzene rings is 1. The van der Waals surface area contributed by atoms with Crippen LogP contribution in [0.5, 0.6) is 0 Å². The molecule has 3 heterocycles. The Labute approximate surface area is 188 Å². The third-order valence-electron chi connectivity index (χ3n) is 5.87. The van der Waals surface area contributed by atoms with Crippen LogP contribution in [0.2, 0.25) is 0 Å². The van der Waals surface area contributed by atoms with Crippen LogP contribution in [-0.4, -0.2) is 39.8 Å². The van der Waals surface area contributed by atoms with Gasteiger partial charge in [0, 0.05) is 44.0 Å². The number of piperidine rings is 1. The highest BCUT2D eigenvalue weighted by Crippen LogP contribution is 2.23. The molecule has 0 radical (unpaired) electrons. The standard InChI is InChI=1S/C24H30N4O2S/c1-18-5-7-20(8-6-18)16-22-25-24(31-26-22)28(17-21-4-3-15-30-21)14-11-23(29)27-12-9-19(2)10-13-27/h3-8,15,19H,9-14,16-17H2,1-2H3. The summed E-state index contributed by atoms with van der Waals surface area (Å²) in [5, 5.41) is 0.832. The van der Waals surface area contributed by atoms with Crippen LogP contribution in [0.4, 0.5) is 5.13 Å². The maximum absolute atomic E-state index is 12.8. The topological polar surface area (TPSA) is 62.5 Å². The maximum Gasteiger partial charge on any atom is 0.224 e. The molecule has 164 valence electrons. The highest BCUT2D eigenvalue weighted by Gasteiger charge is 2.22. The number of carbonyl (C=O) groups excluding carboxylic acids is 1. The van der Waals surface area contributed by atoms with Crippen LogP contribution in [0, 0.1) is 12.8 Å². The summed E-state index contributed by atoms with van der Waals surface area (Å²) in [4.78, 5) is 21.7. The van der Waals surface area contributed by atoms with Crippen molar-refractivity contribution in [3.8, 4) is 0 Å². The molecule has 4 rings (SSSR count). The van der Waals surface area contributed by atoms with Gasteiger partial charge in [0.2, 0.25) is 11.0 Å². The van der Waals surface area contributed by atoms with E-state index in [9.17, 15) is 4.79 Å². The number of likely N-dealkylation sites (tertiary alicyclic amines) is 1. The molecule has 0 bridgehead atoms. The van der Waals surface area contributed by atoms with Crippen LogP contribution in [0.3, 0.4) is 0 Å². The molecule has 31 heavy (non-hydrogen) atoms. The third-order valence-corrected chi connectivity index (χ3v) is 6.68. The van der Waals surface area contributed by atoms with Crippen LogP contribution in [0.15, 0.2) is 47.1 Å². The molecule has 1 saturated heterocycles. The fourth-order valence-electron chi connectivity index (χ4n) is 3.81. The van der Waals surface area contributed by atoms with Gasteiger partial charge in [0.1, 0.15) is 11.6 Å². The smallest absolute Gasteiger partial charge is 0.224 e. The number of rotatable bonds is 8. The van der Waals surface area contributed by atoms with E-state index in [1.54, 1.807) is 6.26 Å². The summed E-state index contributed by atoms with van der Waals surface area (Å²) in [5.41, 5.74) is 2.44. The average molecular weight is 439 g/mol. The summed E-state index contributed by atoms with van der Waals surface area (Å²) >= 11 is 1.39. The lowest BCUT2D eigenvalue weighted by molar-refractivity contribution is -0.132. The van der Waals surface area contributed by atoms with Crippen molar-refractivity contribution in [2.24, 2.45) is 5.92 Å². The summed E-state index contributed by atoms with van der Waals surface area (Å²) in [6, 6.07) is 12.3. The van der Waals surface area contributed by atoms with E-state index < -0.39 is 0 Å². The number of amides is 1. The molecule has 0 N–H and O–H groups in total. The lowest BCUT2D eigenvalue weighted by atomic mass is 9.99. The molecule has 1 aliphatic heterocycles. The zero-order valence-corrected chi connectivity index (χ0v) is 19.1. The highest BCUT2D eigenvalue weighted by atomic mass is 32.1. The monoisotopic (exact) mass is 438 g/mol. The molecular weight excluding hydrogens is 408 g/mol. The Kier molecular flexibility index (Phi) is 7.02. The van der Waals surface area contributed by atoms with Crippen LogP contribution in [0.25, 0.3) is 0 Å². The van der Waals surface area contributed by atoms with Crippen molar-refractivity contribution in [2.45, 2.75) is 46.1 Å². The van der Waals surface area contributed by atoms with Gasteiger partial charge in [-0.05, 0) is 43.4 Å². The zero-order valence-electron chi connectivity index (χ0n) is 18.3. The Balaban J connectivity index is 1.41. The number of anilines is 1. The first kappa shape index (κ1) is 21.6. The Morgan fingerprint density at radius 1 is 1.23 bits per heavy atom. The van der Waals surface area contributed by atoms with E-state index in [0.29, 0.717) is 31.8 Å². The van der Waals surface area contributed by atoms with Crippen molar-refractivity contribution >= 4 is 22.6 Å².